The van der Waals surface area contributed by atoms with Crippen LogP contribution in [0.3, 0.4) is 0 Å². The standard InChI is InChI=1S/C50H39N3/c1-50(2)43-24-14-13-23-42(43)46-44(50)31-36-19-9-10-20-37(36)45(46)40-29-30-41(39-22-12-11-21-38(39)40)49-52-47(34-17-7-4-8-18-34)51-48(53-49)35-27-25-33(26-28-35)32-15-5-3-6-16-32/h3-31,47,49,52H,1-2H3,(H,51,53). The molecule has 0 saturated carbocycles. The predicted molar refractivity (Wildman–Crippen MR) is 221 cm³/mol. The minimum atomic E-state index is -0.276. The number of amidine groups is 1. The van der Waals surface area contributed by atoms with Crippen LogP contribution in [0, 0.1) is 0 Å². The zero-order valence-electron chi connectivity index (χ0n) is 29.8. The Morgan fingerprint density at radius 1 is 0.491 bits per heavy atom. The molecule has 1 heterocycles. The van der Waals surface area contributed by atoms with Crippen molar-refractivity contribution in [3.8, 4) is 33.4 Å². The molecule has 2 atom stereocenters. The summed E-state index contributed by atoms with van der Waals surface area (Å²) in [6.07, 6.45) is -0.400. The van der Waals surface area contributed by atoms with Crippen molar-refractivity contribution in [3.05, 3.63) is 204 Å². The number of nitrogens with zero attached hydrogens (tertiary/aromatic N) is 1. The van der Waals surface area contributed by atoms with Crippen LogP contribution in [0.2, 0.25) is 0 Å². The molecule has 0 bridgehead atoms. The molecule has 0 radical (unpaired) electrons. The average Bonchev–Trinajstić information content (AvgIpc) is 3.45. The molecule has 0 amide bonds. The van der Waals surface area contributed by atoms with Crippen molar-refractivity contribution in [1.82, 2.24) is 10.6 Å². The molecular formula is C50H39N3. The van der Waals surface area contributed by atoms with Gasteiger partial charge in [0, 0.05) is 11.0 Å². The zero-order chi connectivity index (χ0) is 35.5. The number of fused-ring (bicyclic) bond motifs is 5. The predicted octanol–water partition coefficient (Wildman–Crippen LogP) is 12.0. The summed E-state index contributed by atoms with van der Waals surface area (Å²) in [5.74, 6) is 0.876. The van der Waals surface area contributed by atoms with E-state index in [2.05, 4.69) is 200 Å². The van der Waals surface area contributed by atoms with E-state index in [1.807, 2.05) is 0 Å². The number of aliphatic imine (C=N–C) groups is 1. The summed E-state index contributed by atoms with van der Waals surface area (Å²) < 4.78 is 0. The first kappa shape index (κ1) is 31.4. The van der Waals surface area contributed by atoms with Crippen LogP contribution in [0.15, 0.2) is 181 Å². The molecule has 0 saturated heterocycles. The van der Waals surface area contributed by atoms with Gasteiger partial charge in [0.2, 0.25) is 0 Å². The Morgan fingerprint density at radius 2 is 1.11 bits per heavy atom. The summed E-state index contributed by atoms with van der Waals surface area (Å²) in [4.78, 5) is 5.40. The molecule has 8 aromatic carbocycles. The lowest BCUT2D eigenvalue weighted by molar-refractivity contribution is 0.410. The summed E-state index contributed by atoms with van der Waals surface area (Å²) in [6, 6.07) is 63.7. The average molecular weight is 682 g/mol. The molecular weight excluding hydrogens is 643 g/mol. The van der Waals surface area contributed by atoms with E-state index in [9.17, 15) is 0 Å². The Labute approximate surface area is 310 Å². The lowest BCUT2D eigenvalue weighted by Crippen LogP contribution is -2.45. The Morgan fingerprint density at radius 3 is 1.91 bits per heavy atom. The molecule has 8 aromatic rings. The van der Waals surface area contributed by atoms with Crippen LogP contribution in [-0.4, -0.2) is 5.84 Å². The number of hydrogen-bond donors (Lipinski definition) is 2. The van der Waals surface area contributed by atoms with Crippen LogP contribution in [0.1, 0.15) is 54.0 Å². The van der Waals surface area contributed by atoms with Crippen molar-refractivity contribution in [1.29, 1.82) is 0 Å². The summed E-state index contributed by atoms with van der Waals surface area (Å²) in [5, 5.41) is 12.6. The van der Waals surface area contributed by atoms with Crippen molar-refractivity contribution < 1.29 is 0 Å². The molecule has 0 fully saturated rings. The second-order valence-corrected chi connectivity index (χ2v) is 14.8. The Hall–Kier alpha value is -6.29. The fourth-order valence-electron chi connectivity index (χ4n) is 8.70. The fourth-order valence-corrected chi connectivity index (χ4v) is 8.70. The smallest absolute Gasteiger partial charge is 0.131 e. The molecule has 2 unspecified atom stereocenters. The van der Waals surface area contributed by atoms with Crippen LogP contribution < -0.4 is 10.6 Å². The number of nitrogens with one attached hydrogen (secondary N) is 2. The molecule has 0 spiro atoms. The molecule has 2 N–H and O–H groups in total. The van der Waals surface area contributed by atoms with Gasteiger partial charge < -0.3 is 5.32 Å². The van der Waals surface area contributed by atoms with Crippen LogP contribution in [0.25, 0.3) is 54.9 Å². The Balaban J connectivity index is 1.15. The van der Waals surface area contributed by atoms with Crippen molar-refractivity contribution in [2.45, 2.75) is 31.6 Å². The molecule has 3 heteroatoms. The van der Waals surface area contributed by atoms with Crippen LogP contribution >= 0.6 is 0 Å². The van der Waals surface area contributed by atoms with Gasteiger partial charge in [0.25, 0.3) is 0 Å². The third kappa shape index (κ3) is 5.19. The van der Waals surface area contributed by atoms with Gasteiger partial charge in [-0.1, -0.05) is 184 Å². The first-order valence-electron chi connectivity index (χ1n) is 18.5. The number of rotatable bonds is 5. The minimum absolute atomic E-state index is 0.101. The van der Waals surface area contributed by atoms with Gasteiger partial charge >= 0.3 is 0 Å². The van der Waals surface area contributed by atoms with E-state index in [4.69, 9.17) is 4.99 Å². The number of hydrogen-bond acceptors (Lipinski definition) is 3. The molecule has 53 heavy (non-hydrogen) atoms. The van der Waals surface area contributed by atoms with Crippen LogP contribution in [-0.2, 0) is 5.41 Å². The highest BCUT2D eigenvalue weighted by molar-refractivity contribution is 6.13. The van der Waals surface area contributed by atoms with Gasteiger partial charge in [-0.25, -0.2) is 4.99 Å². The quantitative estimate of drug-likeness (QED) is 0.190. The lowest BCUT2D eigenvalue weighted by Gasteiger charge is -2.33. The lowest BCUT2D eigenvalue weighted by atomic mass is 9.80. The maximum absolute atomic E-state index is 5.40. The van der Waals surface area contributed by atoms with Gasteiger partial charge in [0.05, 0.1) is 0 Å². The second-order valence-electron chi connectivity index (χ2n) is 14.8. The van der Waals surface area contributed by atoms with Gasteiger partial charge in [-0.3, -0.25) is 5.32 Å². The monoisotopic (exact) mass is 681 g/mol. The third-order valence-electron chi connectivity index (χ3n) is 11.4. The van der Waals surface area contributed by atoms with Crippen molar-refractivity contribution in [3.63, 3.8) is 0 Å². The summed E-state index contributed by atoms with van der Waals surface area (Å²) in [5.41, 5.74) is 13.7. The van der Waals surface area contributed by atoms with Gasteiger partial charge in [0.15, 0.2) is 0 Å². The van der Waals surface area contributed by atoms with Gasteiger partial charge in [0.1, 0.15) is 18.2 Å². The topological polar surface area (TPSA) is 36.4 Å². The molecule has 1 aliphatic heterocycles. The van der Waals surface area contributed by atoms with E-state index in [0.29, 0.717) is 0 Å². The first-order valence-corrected chi connectivity index (χ1v) is 18.5. The van der Waals surface area contributed by atoms with Gasteiger partial charge in [-0.15, -0.1) is 0 Å². The SMILES string of the molecule is CC1(C)c2ccccc2-c2c1cc1ccccc1c2-c1ccc(C2N=C(c3ccc(-c4ccccc4)cc3)NC(c3ccccc3)N2)c2ccccc12. The summed E-state index contributed by atoms with van der Waals surface area (Å²) in [7, 11) is 0. The van der Waals surface area contributed by atoms with E-state index in [0.717, 1.165) is 17.0 Å². The van der Waals surface area contributed by atoms with E-state index < -0.39 is 0 Å². The zero-order valence-corrected chi connectivity index (χ0v) is 29.8. The number of benzene rings is 8. The summed E-state index contributed by atoms with van der Waals surface area (Å²) in [6.45, 7) is 4.74. The molecule has 3 nitrogen and oxygen atoms in total. The molecule has 254 valence electrons. The van der Waals surface area contributed by atoms with E-state index in [1.54, 1.807) is 0 Å². The van der Waals surface area contributed by atoms with Crippen molar-refractivity contribution >= 4 is 27.4 Å². The van der Waals surface area contributed by atoms with E-state index >= 15 is 0 Å². The second kappa shape index (κ2) is 12.4. The van der Waals surface area contributed by atoms with E-state index in [1.165, 1.54) is 71.6 Å². The minimum Gasteiger partial charge on any atom is -0.350 e. The van der Waals surface area contributed by atoms with Gasteiger partial charge in [-0.05, 0) is 83.2 Å². The maximum Gasteiger partial charge on any atom is 0.131 e. The van der Waals surface area contributed by atoms with Crippen molar-refractivity contribution in [2.75, 3.05) is 0 Å². The van der Waals surface area contributed by atoms with Crippen LogP contribution in [0.5, 0.6) is 0 Å². The Kier molecular flexibility index (Phi) is 7.38. The Bertz CT molecular complexity index is 2690. The molecule has 10 rings (SSSR count). The highest BCUT2D eigenvalue weighted by atomic mass is 15.3. The van der Waals surface area contributed by atoms with E-state index in [-0.39, 0.29) is 17.7 Å². The first-order chi connectivity index (χ1) is 26.0. The fraction of sp³-hybridized carbons (Fsp3) is 0.100. The normalized spacial score (nSPS) is 17.2. The molecule has 2 aliphatic rings. The summed E-state index contributed by atoms with van der Waals surface area (Å²) >= 11 is 0. The highest BCUT2D eigenvalue weighted by Gasteiger charge is 2.38. The third-order valence-corrected chi connectivity index (χ3v) is 11.4. The molecule has 0 aromatic heterocycles. The largest absolute Gasteiger partial charge is 0.350 e. The van der Waals surface area contributed by atoms with Gasteiger partial charge in [-0.2, -0.15) is 0 Å². The van der Waals surface area contributed by atoms with Crippen molar-refractivity contribution in [2.24, 2.45) is 4.99 Å². The van der Waals surface area contributed by atoms with Crippen LogP contribution in [0.4, 0.5) is 0 Å². The molecule has 1 aliphatic carbocycles. The highest BCUT2D eigenvalue weighted by Crippen LogP contribution is 2.55. The maximum atomic E-state index is 5.40.